The van der Waals surface area contributed by atoms with Crippen LogP contribution in [0.2, 0.25) is 0 Å². The Morgan fingerprint density at radius 2 is 2.14 bits per heavy atom. The highest BCUT2D eigenvalue weighted by atomic mass is 16.5. The number of anilines is 1. The summed E-state index contributed by atoms with van der Waals surface area (Å²) < 4.78 is 5.34. The van der Waals surface area contributed by atoms with Crippen LogP contribution in [0.1, 0.15) is 12.8 Å². The highest BCUT2D eigenvalue weighted by Crippen LogP contribution is 2.31. The molecule has 5 nitrogen and oxygen atoms in total. The number of nitrogens with zero attached hydrogens (tertiary/aromatic N) is 1. The first kappa shape index (κ1) is 14.0. The average molecular weight is 285 g/mol. The first-order valence-corrected chi connectivity index (χ1v) is 7.18. The third-order valence-electron chi connectivity index (χ3n) is 4.18. The molecular formula is C16H19N3O2. The van der Waals surface area contributed by atoms with Crippen LogP contribution in [0.3, 0.4) is 0 Å². The van der Waals surface area contributed by atoms with Crippen molar-refractivity contribution in [3.05, 3.63) is 36.5 Å². The smallest absolute Gasteiger partial charge is 0.232 e. The maximum absolute atomic E-state index is 12.6. The predicted octanol–water partition coefficient (Wildman–Crippen LogP) is 1.93. The van der Waals surface area contributed by atoms with Gasteiger partial charge in [0.15, 0.2) is 0 Å². The molecule has 0 radical (unpaired) electrons. The molecule has 5 heteroatoms. The largest absolute Gasteiger partial charge is 0.381 e. The molecule has 3 N–H and O–H groups in total. The Balaban J connectivity index is 1.81. The molecule has 1 aromatic carbocycles. The maximum atomic E-state index is 12.6. The number of benzene rings is 1. The summed E-state index contributed by atoms with van der Waals surface area (Å²) in [4.78, 5) is 16.9. The van der Waals surface area contributed by atoms with Crippen LogP contribution in [0, 0.1) is 5.41 Å². The lowest BCUT2D eigenvalue weighted by Crippen LogP contribution is -2.46. The fourth-order valence-electron chi connectivity index (χ4n) is 2.70. The number of rotatable bonds is 3. The van der Waals surface area contributed by atoms with E-state index in [-0.39, 0.29) is 5.91 Å². The van der Waals surface area contributed by atoms with Crippen molar-refractivity contribution in [2.24, 2.45) is 11.1 Å². The molecule has 2 aromatic rings. The van der Waals surface area contributed by atoms with Crippen LogP contribution in [0.25, 0.3) is 10.9 Å². The number of ether oxygens (including phenoxy) is 1. The summed E-state index contributed by atoms with van der Waals surface area (Å²) in [7, 11) is 0. The Hall–Kier alpha value is -1.98. The second-order valence-electron chi connectivity index (χ2n) is 5.46. The van der Waals surface area contributed by atoms with Crippen LogP contribution in [0.4, 0.5) is 5.69 Å². The summed E-state index contributed by atoms with van der Waals surface area (Å²) in [6.45, 7) is 1.52. The number of pyridine rings is 1. The molecule has 21 heavy (non-hydrogen) atoms. The Morgan fingerprint density at radius 1 is 1.33 bits per heavy atom. The molecule has 0 aliphatic carbocycles. The van der Waals surface area contributed by atoms with Crippen LogP contribution in [0.5, 0.6) is 0 Å². The van der Waals surface area contributed by atoms with Gasteiger partial charge in [-0.3, -0.25) is 9.78 Å². The zero-order valence-corrected chi connectivity index (χ0v) is 11.8. The Labute approximate surface area is 123 Å². The fraction of sp³-hybridized carbons (Fsp3) is 0.375. The molecule has 0 saturated carbocycles. The summed E-state index contributed by atoms with van der Waals surface area (Å²) >= 11 is 0. The molecule has 0 bridgehead atoms. The molecule has 1 saturated heterocycles. The van der Waals surface area contributed by atoms with Crippen LogP contribution in [0.15, 0.2) is 36.5 Å². The van der Waals surface area contributed by atoms with E-state index in [0.717, 1.165) is 16.6 Å². The van der Waals surface area contributed by atoms with Crippen molar-refractivity contribution in [3.8, 4) is 0 Å². The third kappa shape index (κ3) is 2.75. The van der Waals surface area contributed by atoms with Gasteiger partial charge in [0.05, 0.1) is 10.9 Å². The lowest BCUT2D eigenvalue weighted by Gasteiger charge is -2.34. The van der Waals surface area contributed by atoms with Gasteiger partial charge in [-0.05, 0) is 37.1 Å². The van der Waals surface area contributed by atoms with Crippen molar-refractivity contribution in [3.63, 3.8) is 0 Å². The van der Waals surface area contributed by atoms with E-state index in [1.807, 2.05) is 30.3 Å². The van der Waals surface area contributed by atoms with E-state index in [1.165, 1.54) is 0 Å². The zero-order valence-electron chi connectivity index (χ0n) is 11.8. The third-order valence-corrected chi connectivity index (χ3v) is 4.18. The topological polar surface area (TPSA) is 77.2 Å². The number of carbonyl (C=O) groups excluding carboxylic acids is 1. The number of nitrogens with two attached hydrogens (primary N) is 1. The van der Waals surface area contributed by atoms with Crippen molar-refractivity contribution in [1.29, 1.82) is 0 Å². The molecule has 0 spiro atoms. The van der Waals surface area contributed by atoms with Gasteiger partial charge in [-0.15, -0.1) is 0 Å². The van der Waals surface area contributed by atoms with Crippen LogP contribution in [-0.2, 0) is 9.53 Å². The van der Waals surface area contributed by atoms with Crippen molar-refractivity contribution < 1.29 is 9.53 Å². The van der Waals surface area contributed by atoms with E-state index in [0.29, 0.717) is 32.6 Å². The molecule has 3 rings (SSSR count). The van der Waals surface area contributed by atoms with Gasteiger partial charge in [0.1, 0.15) is 0 Å². The second-order valence-corrected chi connectivity index (χ2v) is 5.46. The monoisotopic (exact) mass is 285 g/mol. The van der Waals surface area contributed by atoms with Gasteiger partial charge >= 0.3 is 0 Å². The molecule has 110 valence electrons. The van der Waals surface area contributed by atoms with E-state index < -0.39 is 5.41 Å². The number of hydrogen-bond acceptors (Lipinski definition) is 4. The van der Waals surface area contributed by atoms with Crippen molar-refractivity contribution in [2.75, 3.05) is 25.1 Å². The maximum Gasteiger partial charge on any atom is 0.232 e. The quantitative estimate of drug-likeness (QED) is 0.903. The first-order valence-electron chi connectivity index (χ1n) is 7.18. The summed E-state index contributed by atoms with van der Waals surface area (Å²) in [5.41, 5.74) is 7.03. The highest BCUT2D eigenvalue weighted by molar-refractivity contribution is 5.97. The van der Waals surface area contributed by atoms with Crippen molar-refractivity contribution in [1.82, 2.24) is 4.98 Å². The van der Waals surface area contributed by atoms with Gasteiger partial charge in [0, 0.05) is 37.0 Å². The minimum atomic E-state index is -0.512. The Kier molecular flexibility index (Phi) is 3.86. The number of carbonyl (C=O) groups is 1. The molecule has 0 unspecified atom stereocenters. The first-order chi connectivity index (χ1) is 10.2. The molecular weight excluding hydrogens is 266 g/mol. The van der Waals surface area contributed by atoms with Gasteiger partial charge in [0.2, 0.25) is 5.91 Å². The Bertz CT molecular complexity index is 651. The molecule has 1 aliphatic rings. The normalized spacial score (nSPS) is 17.6. The van der Waals surface area contributed by atoms with Gasteiger partial charge in [-0.1, -0.05) is 6.07 Å². The molecule has 0 atom stereocenters. The van der Waals surface area contributed by atoms with Gasteiger partial charge in [-0.2, -0.15) is 0 Å². The molecule has 2 heterocycles. The minimum absolute atomic E-state index is 0.0171. The fourth-order valence-corrected chi connectivity index (χ4v) is 2.70. The molecule has 1 aromatic heterocycles. The van der Waals surface area contributed by atoms with E-state index in [2.05, 4.69) is 10.3 Å². The summed E-state index contributed by atoms with van der Waals surface area (Å²) in [5.74, 6) is -0.0171. The summed E-state index contributed by atoms with van der Waals surface area (Å²) in [6.07, 6.45) is 3.10. The van der Waals surface area contributed by atoms with Gasteiger partial charge in [0.25, 0.3) is 0 Å². The van der Waals surface area contributed by atoms with Crippen LogP contribution < -0.4 is 11.1 Å². The zero-order chi connectivity index (χ0) is 14.7. The predicted molar refractivity (Wildman–Crippen MR) is 81.9 cm³/mol. The number of aromatic nitrogens is 1. The minimum Gasteiger partial charge on any atom is -0.381 e. The van der Waals surface area contributed by atoms with Crippen molar-refractivity contribution >= 4 is 22.5 Å². The molecule has 1 fully saturated rings. The van der Waals surface area contributed by atoms with Gasteiger partial charge < -0.3 is 15.8 Å². The standard InChI is InChI=1S/C16H19N3O2/c17-11-16(5-8-21-9-6-16)15(20)19-13-3-4-14-12(10-13)2-1-7-18-14/h1-4,7,10H,5-6,8-9,11,17H2,(H,19,20). The van der Waals surface area contributed by atoms with Crippen LogP contribution in [-0.4, -0.2) is 30.6 Å². The van der Waals surface area contributed by atoms with E-state index >= 15 is 0 Å². The number of hydrogen-bond donors (Lipinski definition) is 2. The number of amides is 1. The lowest BCUT2D eigenvalue weighted by atomic mass is 9.79. The summed E-state index contributed by atoms with van der Waals surface area (Å²) in [6, 6.07) is 9.57. The second kappa shape index (κ2) is 5.79. The SMILES string of the molecule is NCC1(C(=O)Nc2ccc3ncccc3c2)CCOCC1. The molecule has 1 amide bonds. The molecule has 1 aliphatic heterocycles. The van der Waals surface area contributed by atoms with E-state index in [1.54, 1.807) is 6.20 Å². The average Bonchev–Trinajstić information content (AvgIpc) is 2.55. The van der Waals surface area contributed by atoms with E-state index in [4.69, 9.17) is 10.5 Å². The highest BCUT2D eigenvalue weighted by Gasteiger charge is 2.38. The number of nitrogens with one attached hydrogen (secondary N) is 1. The lowest BCUT2D eigenvalue weighted by molar-refractivity contribution is -0.130. The Morgan fingerprint density at radius 3 is 2.90 bits per heavy atom. The van der Waals surface area contributed by atoms with Crippen LogP contribution >= 0.6 is 0 Å². The van der Waals surface area contributed by atoms with E-state index in [9.17, 15) is 4.79 Å². The summed E-state index contributed by atoms with van der Waals surface area (Å²) in [5, 5.41) is 4.00. The van der Waals surface area contributed by atoms with Gasteiger partial charge in [-0.25, -0.2) is 0 Å². The van der Waals surface area contributed by atoms with Crippen molar-refractivity contribution in [2.45, 2.75) is 12.8 Å². The number of fused-ring (bicyclic) bond motifs is 1.